The molecule has 3 aromatic rings. The van der Waals surface area contributed by atoms with Gasteiger partial charge in [0.15, 0.2) is 16.8 Å². The molecule has 80 valence electrons. The molecule has 4 heteroatoms. The molecule has 2 heterocycles. The van der Waals surface area contributed by atoms with Gasteiger partial charge in [0.05, 0.1) is 11.0 Å². The molecule has 3 rings (SSSR count). The molecule has 0 unspecified atom stereocenters. The number of aromatic nitrogens is 2. The second kappa shape index (κ2) is 3.39. The largest absolute Gasteiger partial charge is 0.441 e. The number of para-hydroxylation sites is 1. The summed E-state index contributed by atoms with van der Waals surface area (Å²) in [5, 5.41) is 0.368. The Kier molecular flexibility index (Phi) is 2.01. The van der Waals surface area contributed by atoms with Crippen LogP contribution in [0.4, 0.5) is 0 Å². The summed E-state index contributed by atoms with van der Waals surface area (Å²) in [6.45, 7) is 2.03. The number of imidazole rings is 1. The van der Waals surface area contributed by atoms with E-state index in [2.05, 4.69) is 9.97 Å². The number of benzene rings is 1. The Balaban J connectivity index is 2.22. The zero-order valence-electron chi connectivity index (χ0n) is 8.62. The molecule has 0 spiro atoms. The highest BCUT2D eigenvalue weighted by Gasteiger charge is 2.09. The Bertz CT molecular complexity index is 654. The van der Waals surface area contributed by atoms with E-state index in [0.717, 1.165) is 16.6 Å². The summed E-state index contributed by atoms with van der Waals surface area (Å²) in [6.07, 6.45) is 0. The van der Waals surface area contributed by atoms with E-state index in [1.54, 1.807) is 12.1 Å². The van der Waals surface area contributed by atoms with Crippen LogP contribution in [0, 0.1) is 6.92 Å². The predicted molar refractivity (Wildman–Crippen MR) is 63.5 cm³/mol. The third-order valence-electron chi connectivity index (χ3n) is 2.52. The Morgan fingerprint density at radius 1 is 1.25 bits per heavy atom. The molecule has 0 fully saturated rings. The third kappa shape index (κ3) is 1.41. The fraction of sp³-hybridized carbons (Fsp3) is 0.0833. The first-order valence-corrected chi connectivity index (χ1v) is 5.33. The van der Waals surface area contributed by atoms with Crippen LogP contribution in [0.25, 0.3) is 22.6 Å². The number of H-pyrrole nitrogens is 1. The predicted octanol–water partition coefficient (Wildman–Crippen LogP) is 3.78. The molecule has 3 nitrogen and oxygen atoms in total. The van der Waals surface area contributed by atoms with Gasteiger partial charge in [0, 0.05) is 0 Å². The van der Waals surface area contributed by atoms with Crippen molar-refractivity contribution in [2.24, 2.45) is 0 Å². The Labute approximate surface area is 97.1 Å². The maximum atomic E-state index is 5.73. The molecule has 1 aromatic carbocycles. The Morgan fingerprint density at radius 3 is 2.81 bits per heavy atom. The number of fused-ring (bicyclic) bond motifs is 1. The van der Waals surface area contributed by atoms with Crippen molar-refractivity contribution in [1.82, 2.24) is 9.97 Å². The van der Waals surface area contributed by atoms with Crippen molar-refractivity contribution in [3.05, 3.63) is 41.1 Å². The molecule has 0 radical (unpaired) electrons. The Morgan fingerprint density at radius 2 is 2.12 bits per heavy atom. The molecule has 0 saturated carbocycles. The monoisotopic (exact) mass is 232 g/mol. The van der Waals surface area contributed by atoms with E-state index in [1.165, 1.54) is 0 Å². The summed E-state index contributed by atoms with van der Waals surface area (Å²) >= 11 is 5.73. The van der Waals surface area contributed by atoms with Gasteiger partial charge in [-0.25, -0.2) is 4.98 Å². The van der Waals surface area contributed by atoms with E-state index in [-0.39, 0.29) is 0 Å². The van der Waals surface area contributed by atoms with Crippen LogP contribution in [0.15, 0.2) is 34.7 Å². The minimum Gasteiger partial charge on any atom is -0.441 e. The average molecular weight is 233 g/mol. The molecule has 0 amide bonds. The fourth-order valence-electron chi connectivity index (χ4n) is 1.73. The smallest absolute Gasteiger partial charge is 0.194 e. The van der Waals surface area contributed by atoms with Crippen LogP contribution < -0.4 is 0 Å². The van der Waals surface area contributed by atoms with Crippen LogP contribution >= 0.6 is 11.6 Å². The summed E-state index contributed by atoms with van der Waals surface area (Å²) in [7, 11) is 0. The quantitative estimate of drug-likeness (QED) is 0.694. The number of aromatic amines is 1. The van der Waals surface area contributed by atoms with Gasteiger partial charge in [-0.1, -0.05) is 12.1 Å². The van der Waals surface area contributed by atoms with E-state index in [9.17, 15) is 0 Å². The maximum absolute atomic E-state index is 5.73. The van der Waals surface area contributed by atoms with Crippen LogP contribution in [0.2, 0.25) is 5.22 Å². The zero-order chi connectivity index (χ0) is 11.1. The molecule has 2 aromatic heterocycles. The summed E-state index contributed by atoms with van der Waals surface area (Å²) in [5.41, 5.74) is 3.10. The zero-order valence-corrected chi connectivity index (χ0v) is 9.38. The molecule has 0 atom stereocenters. The normalized spacial score (nSPS) is 11.1. The third-order valence-corrected chi connectivity index (χ3v) is 2.72. The van der Waals surface area contributed by atoms with Crippen molar-refractivity contribution in [3.63, 3.8) is 0 Å². The van der Waals surface area contributed by atoms with E-state index in [0.29, 0.717) is 16.8 Å². The number of hydrogen-bond acceptors (Lipinski definition) is 2. The van der Waals surface area contributed by atoms with Crippen LogP contribution in [0.3, 0.4) is 0 Å². The van der Waals surface area contributed by atoms with Crippen LogP contribution in [-0.4, -0.2) is 9.97 Å². The van der Waals surface area contributed by atoms with E-state index in [1.807, 2.05) is 25.1 Å². The fourth-order valence-corrected chi connectivity index (χ4v) is 1.88. The van der Waals surface area contributed by atoms with Gasteiger partial charge in [0.2, 0.25) is 0 Å². The summed E-state index contributed by atoms with van der Waals surface area (Å²) < 4.78 is 5.31. The standard InChI is InChI=1S/C12H9ClN2O/c1-7-3-2-4-8-11(7)15-12(14-8)9-5-6-10(13)16-9/h2-6H,1H3,(H,14,15). The number of nitrogens with zero attached hydrogens (tertiary/aromatic N) is 1. The van der Waals surface area contributed by atoms with Gasteiger partial charge in [0.25, 0.3) is 0 Å². The average Bonchev–Trinajstić information content (AvgIpc) is 2.84. The summed E-state index contributed by atoms with van der Waals surface area (Å²) in [5.74, 6) is 1.36. The van der Waals surface area contributed by atoms with Crippen molar-refractivity contribution in [2.45, 2.75) is 6.92 Å². The highest BCUT2D eigenvalue weighted by atomic mass is 35.5. The number of rotatable bonds is 1. The van der Waals surface area contributed by atoms with E-state index >= 15 is 0 Å². The van der Waals surface area contributed by atoms with Gasteiger partial charge in [-0.05, 0) is 42.3 Å². The van der Waals surface area contributed by atoms with Crippen molar-refractivity contribution in [2.75, 3.05) is 0 Å². The van der Waals surface area contributed by atoms with Crippen molar-refractivity contribution in [1.29, 1.82) is 0 Å². The molecule has 16 heavy (non-hydrogen) atoms. The van der Waals surface area contributed by atoms with Crippen LogP contribution in [0.1, 0.15) is 5.56 Å². The first kappa shape index (κ1) is 9.48. The first-order valence-electron chi connectivity index (χ1n) is 4.95. The first-order chi connectivity index (χ1) is 7.74. The summed E-state index contributed by atoms with van der Waals surface area (Å²) in [4.78, 5) is 7.69. The molecule has 1 N–H and O–H groups in total. The van der Waals surface area contributed by atoms with Crippen molar-refractivity contribution < 1.29 is 4.42 Å². The number of halogens is 1. The highest BCUT2D eigenvalue weighted by Crippen LogP contribution is 2.25. The minimum atomic E-state index is 0.368. The van der Waals surface area contributed by atoms with Gasteiger partial charge in [-0.15, -0.1) is 0 Å². The van der Waals surface area contributed by atoms with Crippen molar-refractivity contribution >= 4 is 22.6 Å². The maximum Gasteiger partial charge on any atom is 0.194 e. The lowest BCUT2D eigenvalue weighted by atomic mass is 10.2. The summed E-state index contributed by atoms with van der Waals surface area (Å²) in [6, 6.07) is 9.52. The van der Waals surface area contributed by atoms with Gasteiger partial charge < -0.3 is 9.40 Å². The van der Waals surface area contributed by atoms with E-state index < -0.39 is 0 Å². The SMILES string of the molecule is Cc1cccc2[nH]c(-c3ccc(Cl)o3)nc12. The number of nitrogens with one attached hydrogen (secondary N) is 1. The molecular formula is C12H9ClN2O. The number of hydrogen-bond donors (Lipinski definition) is 1. The van der Waals surface area contributed by atoms with Gasteiger partial charge in [-0.3, -0.25) is 0 Å². The molecule has 0 bridgehead atoms. The van der Waals surface area contributed by atoms with Gasteiger partial charge >= 0.3 is 0 Å². The molecule has 0 aliphatic carbocycles. The van der Waals surface area contributed by atoms with Crippen LogP contribution in [0.5, 0.6) is 0 Å². The highest BCUT2D eigenvalue weighted by molar-refractivity contribution is 6.28. The lowest BCUT2D eigenvalue weighted by Gasteiger charge is -1.90. The minimum absolute atomic E-state index is 0.368. The van der Waals surface area contributed by atoms with Crippen LogP contribution in [-0.2, 0) is 0 Å². The number of aryl methyl sites for hydroxylation is 1. The lowest BCUT2D eigenvalue weighted by molar-refractivity contribution is 0.580. The molecule has 0 aliphatic heterocycles. The van der Waals surface area contributed by atoms with Crippen molar-refractivity contribution in [3.8, 4) is 11.6 Å². The van der Waals surface area contributed by atoms with Gasteiger partial charge in [-0.2, -0.15) is 0 Å². The molecule has 0 saturated heterocycles. The molecule has 0 aliphatic rings. The second-order valence-electron chi connectivity index (χ2n) is 3.66. The Hall–Kier alpha value is -1.74. The van der Waals surface area contributed by atoms with E-state index in [4.69, 9.17) is 16.0 Å². The topological polar surface area (TPSA) is 41.8 Å². The number of furan rings is 1. The second-order valence-corrected chi connectivity index (χ2v) is 4.03. The van der Waals surface area contributed by atoms with Gasteiger partial charge in [0.1, 0.15) is 0 Å². The molecular weight excluding hydrogens is 224 g/mol. The lowest BCUT2D eigenvalue weighted by Crippen LogP contribution is -1.75.